The number of hydrogen-bond donors (Lipinski definition) is 1. The maximum Gasteiger partial charge on any atom is 0.357 e. The fraction of sp³-hybridized carbons (Fsp3) is 0.308. The topological polar surface area (TPSA) is 57.2 Å². The van der Waals surface area contributed by atoms with Crippen molar-refractivity contribution in [3.63, 3.8) is 0 Å². The predicted molar refractivity (Wildman–Crippen MR) is 68.0 cm³/mol. The molecule has 0 saturated carbocycles. The molecule has 2 rings (SSSR count). The second-order valence-corrected chi connectivity index (χ2v) is 3.74. The highest BCUT2D eigenvalue weighted by atomic mass is 16.5. The summed E-state index contributed by atoms with van der Waals surface area (Å²) < 4.78 is 6.93. The van der Waals surface area contributed by atoms with Crippen LogP contribution in [0.5, 0.6) is 0 Å². The third-order valence-corrected chi connectivity index (χ3v) is 2.80. The molecular formula is C13H16N2O2. The zero-order chi connectivity index (χ0) is 12.4. The van der Waals surface area contributed by atoms with Crippen molar-refractivity contribution >= 4 is 22.6 Å². The van der Waals surface area contributed by atoms with E-state index in [1.807, 2.05) is 35.8 Å². The smallest absolute Gasteiger partial charge is 0.357 e. The molecule has 0 aliphatic rings. The molecule has 1 aromatic heterocycles. The van der Waals surface area contributed by atoms with Gasteiger partial charge in [0.15, 0.2) is 5.69 Å². The van der Waals surface area contributed by atoms with E-state index in [1.54, 1.807) is 6.92 Å². The predicted octanol–water partition coefficient (Wildman–Crippen LogP) is 2.42. The summed E-state index contributed by atoms with van der Waals surface area (Å²) in [5.74, 6) is -0.358. The number of fused-ring (bicyclic) bond motifs is 1. The van der Waals surface area contributed by atoms with Crippen LogP contribution < -0.4 is 5.73 Å². The molecular weight excluding hydrogens is 216 g/mol. The standard InChI is InChI=1S/C13H16N2O2/c1-3-15-10-8-6-5-7-9(10)11(14)12(15)13(16)17-4-2/h5-8H,3-4,14H2,1-2H3. The number of nitrogens with zero attached hydrogens (tertiary/aromatic N) is 1. The van der Waals surface area contributed by atoms with Crippen LogP contribution in [0.25, 0.3) is 10.9 Å². The summed E-state index contributed by atoms with van der Waals surface area (Å²) in [5.41, 5.74) is 7.95. The first-order valence-electron chi connectivity index (χ1n) is 5.74. The van der Waals surface area contributed by atoms with Gasteiger partial charge < -0.3 is 15.0 Å². The van der Waals surface area contributed by atoms with E-state index in [0.717, 1.165) is 10.9 Å². The van der Waals surface area contributed by atoms with Crippen molar-refractivity contribution in [2.75, 3.05) is 12.3 Å². The van der Waals surface area contributed by atoms with E-state index in [4.69, 9.17) is 10.5 Å². The van der Waals surface area contributed by atoms with E-state index in [0.29, 0.717) is 24.5 Å². The zero-order valence-electron chi connectivity index (χ0n) is 10.1. The molecule has 1 heterocycles. The van der Waals surface area contributed by atoms with Crippen LogP contribution in [-0.2, 0) is 11.3 Å². The molecule has 0 bridgehead atoms. The monoisotopic (exact) mass is 232 g/mol. The van der Waals surface area contributed by atoms with Gasteiger partial charge in [0.1, 0.15) is 0 Å². The number of nitrogens with two attached hydrogens (primary N) is 1. The van der Waals surface area contributed by atoms with Crippen molar-refractivity contribution in [3.8, 4) is 0 Å². The average molecular weight is 232 g/mol. The highest BCUT2D eigenvalue weighted by Gasteiger charge is 2.20. The van der Waals surface area contributed by atoms with Crippen molar-refractivity contribution in [2.45, 2.75) is 20.4 Å². The van der Waals surface area contributed by atoms with Gasteiger partial charge in [-0.05, 0) is 19.9 Å². The normalized spacial score (nSPS) is 10.7. The number of ether oxygens (including phenoxy) is 1. The molecule has 90 valence electrons. The van der Waals surface area contributed by atoms with Crippen LogP contribution in [-0.4, -0.2) is 17.1 Å². The van der Waals surface area contributed by atoms with Crippen LogP contribution in [0.3, 0.4) is 0 Å². The molecule has 2 N–H and O–H groups in total. The fourth-order valence-electron chi connectivity index (χ4n) is 2.08. The van der Waals surface area contributed by atoms with Crippen LogP contribution >= 0.6 is 0 Å². The number of esters is 1. The molecule has 4 heteroatoms. The molecule has 17 heavy (non-hydrogen) atoms. The first-order valence-corrected chi connectivity index (χ1v) is 5.74. The van der Waals surface area contributed by atoms with Gasteiger partial charge in [-0.2, -0.15) is 0 Å². The lowest BCUT2D eigenvalue weighted by Gasteiger charge is -2.07. The molecule has 0 aliphatic heterocycles. The molecule has 0 saturated heterocycles. The third-order valence-electron chi connectivity index (χ3n) is 2.80. The van der Waals surface area contributed by atoms with Crippen molar-refractivity contribution in [1.82, 2.24) is 4.57 Å². The number of nitrogen functional groups attached to an aromatic ring is 1. The van der Waals surface area contributed by atoms with Crippen LogP contribution in [0, 0.1) is 0 Å². The second-order valence-electron chi connectivity index (χ2n) is 3.74. The van der Waals surface area contributed by atoms with E-state index in [-0.39, 0.29) is 5.97 Å². The minimum atomic E-state index is -0.358. The molecule has 2 aromatic rings. The van der Waals surface area contributed by atoms with Gasteiger partial charge in [0.2, 0.25) is 0 Å². The largest absolute Gasteiger partial charge is 0.461 e. The van der Waals surface area contributed by atoms with Crippen LogP contribution in [0.2, 0.25) is 0 Å². The fourth-order valence-corrected chi connectivity index (χ4v) is 2.08. The number of carbonyl (C=O) groups excluding carboxylic acids is 1. The molecule has 0 spiro atoms. The van der Waals surface area contributed by atoms with Crippen molar-refractivity contribution in [1.29, 1.82) is 0 Å². The summed E-state index contributed by atoms with van der Waals surface area (Å²) in [6.07, 6.45) is 0. The Morgan fingerprint density at radius 3 is 2.71 bits per heavy atom. The Kier molecular flexibility index (Phi) is 3.04. The molecule has 0 aliphatic carbocycles. The summed E-state index contributed by atoms with van der Waals surface area (Å²) in [6, 6.07) is 7.72. The number of rotatable bonds is 3. The summed E-state index contributed by atoms with van der Waals surface area (Å²) in [7, 11) is 0. The van der Waals surface area contributed by atoms with Crippen LogP contribution in [0.1, 0.15) is 24.3 Å². The lowest BCUT2D eigenvalue weighted by Crippen LogP contribution is -2.13. The Balaban J connectivity index is 2.69. The molecule has 0 amide bonds. The number of hydrogen-bond acceptors (Lipinski definition) is 3. The van der Waals surface area contributed by atoms with Gasteiger partial charge in [0.25, 0.3) is 0 Å². The average Bonchev–Trinajstić information content (AvgIpc) is 2.63. The van der Waals surface area contributed by atoms with E-state index < -0.39 is 0 Å². The summed E-state index contributed by atoms with van der Waals surface area (Å²) >= 11 is 0. The number of carbonyl (C=O) groups is 1. The quantitative estimate of drug-likeness (QED) is 0.827. The van der Waals surface area contributed by atoms with Gasteiger partial charge in [-0.25, -0.2) is 4.79 Å². The molecule has 0 fully saturated rings. The number of benzene rings is 1. The van der Waals surface area contributed by atoms with Crippen molar-refractivity contribution < 1.29 is 9.53 Å². The van der Waals surface area contributed by atoms with E-state index in [9.17, 15) is 4.79 Å². The number of para-hydroxylation sites is 1. The third kappa shape index (κ3) is 1.75. The summed E-state index contributed by atoms with van der Waals surface area (Å²) in [4.78, 5) is 11.9. The van der Waals surface area contributed by atoms with E-state index in [1.165, 1.54) is 0 Å². The van der Waals surface area contributed by atoms with Gasteiger partial charge in [0.05, 0.1) is 17.8 Å². The van der Waals surface area contributed by atoms with Gasteiger partial charge in [-0.3, -0.25) is 0 Å². The first-order chi connectivity index (χ1) is 8.20. The molecule has 0 radical (unpaired) electrons. The SMILES string of the molecule is CCOC(=O)c1c(N)c2ccccc2n1CC. The lowest BCUT2D eigenvalue weighted by molar-refractivity contribution is 0.0516. The molecule has 4 nitrogen and oxygen atoms in total. The molecule has 1 aromatic carbocycles. The minimum absolute atomic E-state index is 0.351. The Bertz CT molecular complexity index is 558. The van der Waals surface area contributed by atoms with Crippen LogP contribution in [0.4, 0.5) is 5.69 Å². The second kappa shape index (κ2) is 4.49. The maximum absolute atomic E-state index is 11.9. The van der Waals surface area contributed by atoms with Gasteiger partial charge >= 0.3 is 5.97 Å². The summed E-state index contributed by atoms with van der Waals surface area (Å²) in [6.45, 7) is 4.80. The van der Waals surface area contributed by atoms with Gasteiger partial charge in [-0.1, -0.05) is 18.2 Å². The Morgan fingerprint density at radius 1 is 1.35 bits per heavy atom. The van der Waals surface area contributed by atoms with Gasteiger partial charge in [-0.15, -0.1) is 0 Å². The lowest BCUT2D eigenvalue weighted by atomic mass is 10.2. The maximum atomic E-state index is 11.9. The number of anilines is 1. The Labute approximate surface area is 100.0 Å². The van der Waals surface area contributed by atoms with Crippen molar-refractivity contribution in [3.05, 3.63) is 30.0 Å². The van der Waals surface area contributed by atoms with Gasteiger partial charge in [0, 0.05) is 11.9 Å². The Morgan fingerprint density at radius 2 is 2.06 bits per heavy atom. The van der Waals surface area contributed by atoms with E-state index >= 15 is 0 Å². The Hall–Kier alpha value is -1.97. The van der Waals surface area contributed by atoms with E-state index in [2.05, 4.69) is 0 Å². The highest BCUT2D eigenvalue weighted by molar-refractivity contribution is 6.06. The highest BCUT2D eigenvalue weighted by Crippen LogP contribution is 2.28. The molecule has 0 unspecified atom stereocenters. The molecule has 0 atom stereocenters. The zero-order valence-corrected chi connectivity index (χ0v) is 10.1. The number of aryl methyl sites for hydroxylation is 1. The number of aromatic nitrogens is 1. The first kappa shape index (κ1) is 11.5. The summed E-state index contributed by atoms with van der Waals surface area (Å²) in [5, 5.41) is 0.900. The van der Waals surface area contributed by atoms with Crippen LogP contribution in [0.15, 0.2) is 24.3 Å². The minimum Gasteiger partial charge on any atom is -0.461 e. The van der Waals surface area contributed by atoms with Crippen molar-refractivity contribution in [2.24, 2.45) is 0 Å².